The summed E-state index contributed by atoms with van der Waals surface area (Å²) in [5.74, 6) is -1.75. The van der Waals surface area contributed by atoms with E-state index in [9.17, 15) is 22.7 Å². The Morgan fingerprint density at radius 3 is 2.52 bits per heavy atom. The first-order chi connectivity index (χ1) is 11.6. The maximum Gasteiger partial charge on any atom is 0.324 e. The summed E-state index contributed by atoms with van der Waals surface area (Å²) in [4.78, 5) is 16.7. The van der Waals surface area contributed by atoms with Gasteiger partial charge < -0.3 is 9.94 Å². The van der Waals surface area contributed by atoms with Crippen LogP contribution in [0.3, 0.4) is 0 Å². The van der Waals surface area contributed by atoms with Gasteiger partial charge >= 0.3 is 5.97 Å². The Morgan fingerprint density at radius 2 is 2.04 bits per heavy atom. The van der Waals surface area contributed by atoms with Gasteiger partial charge in [0, 0.05) is 24.7 Å². The van der Waals surface area contributed by atoms with Crippen molar-refractivity contribution in [3.63, 3.8) is 0 Å². The van der Waals surface area contributed by atoms with Gasteiger partial charge in [-0.3, -0.25) is 4.79 Å². The Labute approximate surface area is 145 Å². The average Bonchev–Trinajstić information content (AvgIpc) is 3.01. The number of hydrogen-bond acceptors (Lipinski definition) is 5. The van der Waals surface area contributed by atoms with Crippen LogP contribution >= 0.6 is 0 Å². The molecule has 0 saturated carbocycles. The van der Waals surface area contributed by atoms with E-state index in [1.165, 1.54) is 13.0 Å². The van der Waals surface area contributed by atoms with E-state index in [1.807, 2.05) is 0 Å². The molecule has 0 aliphatic carbocycles. The highest BCUT2D eigenvalue weighted by Gasteiger charge is 2.47. The zero-order valence-electron chi connectivity index (χ0n) is 14.2. The Kier molecular flexibility index (Phi) is 5.31. The molecule has 1 N–H and O–H groups in total. The molecule has 0 fully saturated rings. The maximum absolute atomic E-state index is 13.5. The van der Waals surface area contributed by atoms with Gasteiger partial charge in [-0.1, -0.05) is 35.5 Å². The largest absolute Gasteiger partial charge is 0.480 e. The van der Waals surface area contributed by atoms with Gasteiger partial charge in [0.2, 0.25) is 0 Å². The second kappa shape index (κ2) is 6.95. The Morgan fingerprint density at radius 1 is 1.44 bits per heavy atom. The van der Waals surface area contributed by atoms with Crippen molar-refractivity contribution >= 4 is 27.3 Å². The zero-order chi connectivity index (χ0) is 18.8. The minimum atomic E-state index is -3.83. The second-order valence-electron chi connectivity index (χ2n) is 6.20. The standard InChI is InChI=1S/C17H20FNO5S/c1-4-14(18)11-5-7-12(8-6-11)15-9-13(24-19-15)10-17(2,16(20)21)25(3,22)23/h4-8,13H,9-10H2,1-3H3,(H,20,21)/t13-,17?/m1/s1. The average molecular weight is 369 g/mol. The first-order valence-corrected chi connectivity index (χ1v) is 9.56. The number of halogens is 1. The van der Waals surface area contributed by atoms with E-state index in [1.54, 1.807) is 31.2 Å². The van der Waals surface area contributed by atoms with Crippen LogP contribution in [-0.4, -0.2) is 42.3 Å². The maximum atomic E-state index is 13.5. The minimum absolute atomic E-state index is 0.209. The molecule has 0 aromatic heterocycles. The highest BCUT2D eigenvalue weighted by Crippen LogP contribution is 2.29. The molecule has 1 aromatic rings. The third-order valence-electron chi connectivity index (χ3n) is 4.37. The van der Waals surface area contributed by atoms with Gasteiger partial charge in [-0.05, 0) is 19.4 Å². The van der Waals surface area contributed by atoms with Crippen LogP contribution in [0.2, 0.25) is 0 Å². The normalized spacial score (nSPS) is 20.6. The van der Waals surface area contributed by atoms with E-state index >= 15 is 0 Å². The summed E-state index contributed by atoms with van der Waals surface area (Å²) in [6.07, 6.45) is 1.67. The monoisotopic (exact) mass is 369 g/mol. The first kappa shape index (κ1) is 19.1. The van der Waals surface area contributed by atoms with Crippen molar-refractivity contribution in [3.05, 3.63) is 41.5 Å². The summed E-state index contributed by atoms with van der Waals surface area (Å²) in [6, 6.07) is 6.60. The Balaban J connectivity index is 2.12. The van der Waals surface area contributed by atoms with Gasteiger partial charge in [-0.2, -0.15) is 0 Å². The van der Waals surface area contributed by atoms with E-state index in [0.29, 0.717) is 16.8 Å². The van der Waals surface area contributed by atoms with Crippen molar-refractivity contribution in [1.29, 1.82) is 0 Å². The van der Waals surface area contributed by atoms with E-state index in [4.69, 9.17) is 4.84 Å². The molecule has 136 valence electrons. The molecule has 0 saturated heterocycles. The topological polar surface area (TPSA) is 93.0 Å². The lowest BCUT2D eigenvalue weighted by atomic mass is 9.97. The molecule has 0 radical (unpaired) electrons. The fourth-order valence-corrected chi connectivity index (χ4v) is 3.33. The molecule has 2 rings (SSSR count). The highest BCUT2D eigenvalue weighted by atomic mass is 32.2. The van der Waals surface area contributed by atoms with Gasteiger partial charge in [0.25, 0.3) is 0 Å². The number of sulfone groups is 1. The number of carbonyl (C=O) groups is 1. The number of aliphatic carboxylic acids is 1. The molecule has 1 aliphatic rings. The van der Waals surface area contributed by atoms with E-state index in [2.05, 4.69) is 5.16 Å². The van der Waals surface area contributed by atoms with Crippen molar-refractivity contribution < 1.29 is 27.5 Å². The summed E-state index contributed by atoms with van der Waals surface area (Å²) in [7, 11) is -3.83. The molecular weight excluding hydrogens is 349 g/mol. The van der Waals surface area contributed by atoms with Crippen LogP contribution < -0.4 is 0 Å². The molecule has 1 aromatic carbocycles. The van der Waals surface area contributed by atoms with Crippen LogP contribution in [0.5, 0.6) is 0 Å². The molecule has 0 spiro atoms. The van der Waals surface area contributed by atoms with E-state index in [-0.39, 0.29) is 18.7 Å². The van der Waals surface area contributed by atoms with Crippen LogP contribution in [0.4, 0.5) is 4.39 Å². The van der Waals surface area contributed by atoms with Gasteiger partial charge in [-0.25, -0.2) is 12.8 Å². The fraction of sp³-hybridized carbons (Fsp3) is 0.412. The van der Waals surface area contributed by atoms with Crippen LogP contribution in [0.1, 0.15) is 37.8 Å². The van der Waals surface area contributed by atoms with Crippen molar-refractivity contribution in [2.75, 3.05) is 6.26 Å². The zero-order valence-corrected chi connectivity index (χ0v) is 15.0. The quantitative estimate of drug-likeness (QED) is 0.832. The lowest BCUT2D eigenvalue weighted by Gasteiger charge is -2.24. The molecule has 1 unspecified atom stereocenters. The summed E-state index contributed by atoms with van der Waals surface area (Å²) < 4.78 is 35.3. The van der Waals surface area contributed by atoms with Crippen LogP contribution in [0, 0.1) is 0 Å². The molecule has 6 nitrogen and oxygen atoms in total. The number of nitrogens with zero attached hydrogens (tertiary/aromatic N) is 1. The molecule has 25 heavy (non-hydrogen) atoms. The van der Waals surface area contributed by atoms with Crippen molar-refractivity contribution in [1.82, 2.24) is 0 Å². The number of benzene rings is 1. The predicted octanol–water partition coefficient (Wildman–Crippen LogP) is 2.79. The fourth-order valence-electron chi connectivity index (χ4n) is 2.53. The summed E-state index contributed by atoms with van der Waals surface area (Å²) in [5.41, 5.74) is 1.73. The molecule has 1 heterocycles. The molecule has 2 atom stereocenters. The van der Waals surface area contributed by atoms with Crippen molar-refractivity contribution in [3.8, 4) is 0 Å². The molecular formula is C17H20FNO5S. The molecule has 0 amide bonds. The number of oxime groups is 1. The summed E-state index contributed by atoms with van der Waals surface area (Å²) in [6.45, 7) is 2.77. The Bertz CT molecular complexity index is 829. The number of hydrogen-bond donors (Lipinski definition) is 1. The highest BCUT2D eigenvalue weighted by molar-refractivity contribution is 7.92. The third-order valence-corrected chi connectivity index (χ3v) is 6.35. The number of allylic oxidation sites excluding steroid dienone is 1. The summed E-state index contributed by atoms with van der Waals surface area (Å²) in [5, 5.41) is 13.2. The van der Waals surface area contributed by atoms with Crippen LogP contribution in [0.25, 0.3) is 5.83 Å². The van der Waals surface area contributed by atoms with Gasteiger partial charge in [-0.15, -0.1) is 0 Å². The molecule has 0 bridgehead atoms. The third kappa shape index (κ3) is 3.89. The second-order valence-corrected chi connectivity index (χ2v) is 8.64. The predicted molar refractivity (Wildman–Crippen MR) is 92.7 cm³/mol. The van der Waals surface area contributed by atoms with Crippen LogP contribution in [0.15, 0.2) is 35.5 Å². The smallest absolute Gasteiger partial charge is 0.324 e. The van der Waals surface area contributed by atoms with Gasteiger partial charge in [0.1, 0.15) is 11.9 Å². The van der Waals surface area contributed by atoms with Crippen molar-refractivity contribution in [2.45, 2.75) is 37.5 Å². The number of carboxylic acid groups (broad SMARTS) is 1. The Hall–Kier alpha value is -2.22. The molecule has 1 aliphatic heterocycles. The molecule has 8 heteroatoms. The number of carboxylic acids is 1. The summed E-state index contributed by atoms with van der Waals surface area (Å²) >= 11 is 0. The van der Waals surface area contributed by atoms with Crippen LogP contribution in [-0.2, 0) is 19.5 Å². The van der Waals surface area contributed by atoms with Crippen molar-refractivity contribution in [2.24, 2.45) is 5.16 Å². The lowest BCUT2D eigenvalue weighted by molar-refractivity contribution is -0.140. The van der Waals surface area contributed by atoms with Gasteiger partial charge in [0.05, 0.1) is 5.71 Å². The van der Waals surface area contributed by atoms with E-state index in [0.717, 1.165) is 6.26 Å². The van der Waals surface area contributed by atoms with E-state index < -0.39 is 26.7 Å². The first-order valence-electron chi connectivity index (χ1n) is 7.67. The minimum Gasteiger partial charge on any atom is -0.480 e. The SMILES string of the molecule is CC=C(F)c1ccc(C2=NO[C@@H](CC(C)(C(=O)O)S(C)(=O)=O)C2)cc1. The van der Waals surface area contributed by atoms with Gasteiger partial charge in [0.15, 0.2) is 14.6 Å². The number of rotatable bonds is 6. The lowest BCUT2D eigenvalue weighted by Crippen LogP contribution is -2.45.